The van der Waals surface area contributed by atoms with Crippen molar-refractivity contribution in [3.63, 3.8) is 0 Å². The van der Waals surface area contributed by atoms with Gasteiger partial charge in [0, 0.05) is 13.1 Å². The van der Waals surface area contributed by atoms with Crippen LogP contribution in [0, 0.1) is 5.92 Å². The third kappa shape index (κ3) is 3.13. The van der Waals surface area contributed by atoms with Crippen molar-refractivity contribution in [2.24, 2.45) is 11.7 Å². The first-order chi connectivity index (χ1) is 10.1. The molecule has 1 aromatic carbocycles. The smallest absolute Gasteiger partial charge is 0.257 e. The molecule has 1 aliphatic rings. The predicted molar refractivity (Wildman–Crippen MR) is 81.6 cm³/mol. The van der Waals surface area contributed by atoms with Crippen LogP contribution in [0.5, 0.6) is 11.5 Å². The van der Waals surface area contributed by atoms with Crippen LogP contribution < -0.4 is 10.5 Å². The summed E-state index contributed by atoms with van der Waals surface area (Å²) >= 11 is 0. The monoisotopic (exact) mass is 292 g/mol. The largest absolute Gasteiger partial charge is 0.504 e. The standard InChI is InChI=1S/C16H24N2O3/c1-18(13-8-4-3-6-11(13)10-17)16(20)12-7-5-9-14(21-2)15(12)19/h5,7,9,11,13,19H,3-4,6,8,10,17H2,1-2H3. The zero-order valence-electron chi connectivity index (χ0n) is 12.7. The van der Waals surface area contributed by atoms with Crippen molar-refractivity contribution in [2.45, 2.75) is 31.7 Å². The summed E-state index contributed by atoms with van der Waals surface area (Å²) in [5, 5.41) is 10.1. The van der Waals surface area contributed by atoms with Gasteiger partial charge >= 0.3 is 0 Å². The number of carbonyl (C=O) groups excluding carboxylic acids is 1. The van der Waals surface area contributed by atoms with Crippen LogP contribution in [-0.2, 0) is 0 Å². The number of hydrogen-bond acceptors (Lipinski definition) is 4. The molecule has 1 amide bonds. The van der Waals surface area contributed by atoms with E-state index in [4.69, 9.17) is 10.5 Å². The molecule has 0 aromatic heterocycles. The topological polar surface area (TPSA) is 75.8 Å². The van der Waals surface area contributed by atoms with Crippen LogP contribution >= 0.6 is 0 Å². The summed E-state index contributed by atoms with van der Waals surface area (Å²) in [6, 6.07) is 5.11. The zero-order chi connectivity index (χ0) is 15.4. The molecule has 0 aliphatic heterocycles. The minimum absolute atomic E-state index is 0.100. The van der Waals surface area contributed by atoms with E-state index >= 15 is 0 Å². The van der Waals surface area contributed by atoms with Gasteiger partial charge in [-0.15, -0.1) is 0 Å². The Morgan fingerprint density at radius 3 is 2.81 bits per heavy atom. The number of phenols is 1. The second kappa shape index (κ2) is 6.80. The normalized spacial score (nSPS) is 21.9. The SMILES string of the molecule is COc1cccc(C(=O)N(C)C2CCCCC2CN)c1O. The summed E-state index contributed by atoms with van der Waals surface area (Å²) in [6.07, 6.45) is 4.31. The summed E-state index contributed by atoms with van der Waals surface area (Å²) in [5.74, 6) is 0.363. The van der Waals surface area contributed by atoms with E-state index in [-0.39, 0.29) is 23.3 Å². The van der Waals surface area contributed by atoms with Crippen molar-refractivity contribution < 1.29 is 14.6 Å². The number of benzene rings is 1. The van der Waals surface area contributed by atoms with E-state index in [1.165, 1.54) is 13.5 Å². The molecule has 0 spiro atoms. The molecule has 1 saturated carbocycles. The minimum atomic E-state index is -0.184. The highest BCUT2D eigenvalue weighted by Gasteiger charge is 2.31. The number of aromatic hydroxyl groups is 1. The fourth-order valence-corrected chi connectivity index (χ4v) is 3.17. The lowest BCUT2D eigenvalue weighted by atomic mass is 9.83. The number of methoxy groups -OCH3 is 1. The molecular weight excluding hydrogens is 268 g/mol. The van der Waals surface area contributed by atoms with Gasteiger partial charge in [-0.1, -0.05) is 18.9 Å². The molecule has 21 heavy (non-hydrogen) atoms. The first-order valence-corrected chi connectivity index (χ1v) is 7.43. The highest BCUT2D eigenvalue weighted by Crippen LogP contribution is 2.33. The number of nitrogens with zero attached hydrogens (tertiary/aromatic N) is 1. The Labute approximate surface area is 125 Å². The van der Waals surface area contributed by atoms with E-state index in [0.29, 0.717) is 18.2 Å². The Hall–Kier alpha value is -1.75. The Morgan fingerprint density at radius 2 is 2.14 bits per heavy atom. The van der Waals surface area contributed by atoms with Crippen molar-refractivity contribution in [3.05, 3.63) is 23.8 Å². The molecule has 2 atom stereocenters. The lowest BCUT2D eigenvalue weighted by molar-refractivity contribution is 0.0617. The Kier molecular flexibility index (Phi) is 5.07. The van der Waals surface area contributed by atoms with Crippen LogP contribution in [-0.4, -0.2) is 42.7 Å². The van der Waals surface area contributed by atoms with Crippen LogP contribution in [0.2, 0.25) is 0 Å². The third-order valence-corrected chi connectivity index (χ3v) is 4.44. The van der Waals surface area contributed by atoms with Crippen molar-refractivity contribution >= 4 is 5.91 Å². The maximum absolute atomic E-state index is 12.7. The van der Waals surface area contributed by atoms with Crippen LogP contribution in [0.25, 0.3) is 0 Å². The number of phenolic OH excluding ortho intramolecular Hbond substituents is 1. The molecule has 1 aromatic rings. The number of nitrogens with two attached hydrogens (primary N) is 1. The van der Waals surface area contributed by atoms with Gasteiger partial charge < -0.3 is 20.5 Å². The Morgan fingerprint density at radius 1 is 1.43 bits per heavy atom. The molecule has 1 aliphatic carbocycles. The van der Waals surface area contributed by atoms with E-state index in [0.717, 1.165) is 19.3 Å². The molecule has 5 nitrogen and oxygen atoms in total. The summed E-state index contributed by atoms with van der Waals surface area (Å²) < 4.78 is 5.06. The molecule has 0 saturated heterocycles. The predicted octanol–water partition coefficient (Wildman–Crippen LogP) is 1.99. The van der Waals surface area contributed by atoms with Gasteiger partial charge in [-0.25, -0.2) is 0 Å². The van der Waals surface area contributed by atoms with Crippen LogP contribution in [0.15, 0.2) is 18.2 Å². The van der Waals surface area contributed by atoms with E-state index in [2.05, 4.69) is 0 Å². The summed E-state index contributed by atoms with van der Waals surface area (Å²) in [5.41, 5.74) is 6.11. The number of ether oxygens (including phenoxy) is 1. The number of rotatable bonds is 4. The lowest BCUT2D eigenvalue weighted by Crippen LogP contribution is -2.45. The highest BCUT2D eigenvalue weighted by atomic mass is 16.5. The average Bonchev–Trinajstić information content (AvgIpc) is 2.53. The number of para-hydroxylation sites is 1. The molecule has 3 N–H and O–H groups in total. The number of hydrogen-bond donors (Lipinski definition) is 2. The first kappa shape index (κ1) is 15.6. The van der Waals surface area contributed by atoms with Crippen molar-refractivity contribution in [2.75, 3.05) is 20.7 Å². The summed E-state index contributed by atoms with van der Waals surface area (Å²) in [6.45, 7) is 0.590. The summed E-state index contributed by atoms with van der Waals surface area (Å²) in [4.78, 5) is 14.4. The maximum atomic E-state index is 12.7. The van der Waals surface area contributed by atoms with Crippen LogP contribution in [0.4, 0.5) is 0 Å². The molecule has 0 bridgehead atoms. The second-order valence-electron chi connectivity index (χ2n) is 5.62. The van der Waals surface area contributed by atoms with Gasteiger partial charge in [0.15, 0.2) is 11.5 Å². The van der Waals surface area contributed by atoms with Crippen molar-refractivity contribution in [3.8, 4) is 11.5 Å². The van der Waals surface area contributed by atoms with E-state index in [1.54, 1.807) is 30.1 Å². The van der Waals surface area contributed by atoms with E-state index in [9.17, 15) is 9.90 Å². The molecule has 2 unspecified atom stereocenters. The molecule has 1 fully saturated rings. The third-order valence-electron chi connectivity index (χ3n) is 4.44. The lowest BCUT2D eigenvalue weighted by Gasteiger charge is -2.37. The van der Waals surface area contributed by atoms with Crippen molar-refractivity contribution in [1.29, 1.82) is 0 Å². The fraction of sp³-hybridized carbons (Fsp3) is 0.562. The molecule has 0 radical (unpaired) electrons. The molecular formula is C16H24N2O3. The van der Waals surface area contributed by atoms with Gasteiger partial charge in [0.1, 0.15) is 0 Å². The van der Waals surface area contributed by atoms with Gasteiger partial charge in [-0.2, -0.15) is 0 Å². The van der Waals surface area contributed by atoms with Crippen LogP contribution in [0.1, 0.15) is 36.0 Å². The van der Waals surface area contributed by atoms with E-state index in [1.807, 2.05) is 0 Å². The van der Waals surface area contributed by atoms with Gasteiger partial charge in [0.25, 0.3) is 5.91 Å². The van der Waals surface area contributed by atoms with Gasteiger partial charge in [-0.3, -0.25) is 4.79 Å². The molecule has 116 valence electrons. The van der Waals surface area contributed by atoms with E-state index < -0.39 is 0 Å². The average molecular weight is 292 g/mol. The minimum Gasteiger partial charge on any atom is -0.504 e. The highest BCUT2D eigenvalue weighted by molar-refractivity contribution is 5.97. The second-order valence-corrected chi connectivity index (χ2v) is 5.62. The summed E-state index contributed by atoms with van der Waals surface area (Å²) in [7, 11) is 3.26. The quantitative estimate of drug-likeness (QED) is 0.890. The van der Waals surface area contributed by atoms with Crippen molar-refractivity contribution in [1.82, 2.24) is 4.90 Å². The number of amides is 1. The van der Waals surface area contributed by atoms with Gasteiger partial charge in [-0.05, 0) is 37.4 Å². The molecule has 5 heteroatoms. The molecule has 2 rings (SSSR count). The fourth-order valence-electron chi connectivity index (χ4n) is 3.17. The Balaban J connectivity index is 2.22. The Bertz CT molecular complexity index is 504. The van der Waals surface area contributed by atoms with Gasteiger partial charge in [0.2, 0.25) is 0 Å². The van der Waals surface area contributed by atoms with Crippen LogP contribution in [0.3, 0.4) is 0 Å². The zero-order valence-corrected chi connectivity index (χ0v) is 12.7. The first-order valence-electron chi connectivity index (χ1n) is 7.43. The maximum Gasteiger partial charge on any atom is 0.257 e. The van der Waals surface area contributed by atoms with Gasteiger partial charge in [0.05, 0.1) is 12.7 Å². The molecule has 0 heterocycles. The number of carbonyl (C=O) groups is 1.